The van der Waals surface area contributed by atoms with Crippen molar-refractivity contribution in [2.75, 3.05) is 6.54 Å². The Morgan fingerprint density at radius 2 is 1.95 bits per heavy atom. The molecule has 21 heavy (non-hydrogen) atoms. The highest BCUT2D eigenvalue weighted by Crippen LogP contribution is 2.32. The largest absolute Gasteiger partial charge is 0.321 e. The average Bonchev–Trinajstić information content (AvgIpc) is 2.92. The molecular formula is C17H28N2OS. The van der Waals surface area contributed by atoms with Crippen molar-refractivity contribution in [2.24, 2.45) is 11.8 Å². The normalized spacial score (nSPS) is 22.8. The monoisotopic (exact) mass is 308 g/mol. The number of hydrogen-bond donors (Lipinski definition) is 1. The second-order valence-electron chi connectivity index (χ2n) is 6.91. The minimum Gasteiger partial charge on any atom is -0.321 e. The van der Waals surface area contributed by atoms with Crippen molar-refractivity contribution in [1.82, 2.24) is 10.2 Å². The molecule has 2 atom stereocenters. The molecule has 0 radical (unpaired) electrons. The molecule has 1 aliphatic heterocycles. The minimum atomic E-state index is -0.0235. The van der Waals surface area contributed by atoms with Crippen molar-refractivity contribution in [3.63, 3.8) is 0 Å². The molecule has 1 N–H and O–H groups in total. The van der Waals surface area contributed by atoms with E-state index in [0.29, 0.717) is 11.8 Å². The van der Waals surface area contributed by atoms with E-state index in [1.54, 1.807) is 11.3 Å². The summed E-state index contributed by atoms with van der Waals surface area (Å²) in [7, 11) is 0. The van der Waals surface area contributed by atoms with Crippen LogP contribution in [0, 0.1) is 18.8 Å². The van der Waals surface area contributed by atoms with Crippen molar-refractivity contribution >= 4 is 17.2 Å². The lowest BCUT2D eigenvalue weighted by molar-refractivity contribution is -0.130. The zero-order chi connectivity index (χ0) is 15.6. The van der Waals surface area contributed by atoms with Crippen molar-refractivity contribution < 1.29 is 4.79 Å². The van der Waals surface area contributed by atoms with Gasteiger partial charge in [-0.05, 0) is 43.7 Å². The molecule has 2 heterocycles. The van der Waals surface area contributed by atoms with E-state index in [0.717, 1.165) is 19.4 Å². The van der Waals surface area contributed by atoms with Crippen LogP contribution in [0.2, 0.25) is 0 Å². The number of nitrogens with zero attached hydrogens (tertiary/aromatic N) is 1. The third-order valence-electron chi connectivity index (χ3n) is 3.94. The van der Waals surface area contributed by atoms with Crippen LogP contribution in [0.3, 0.4) is 0 Å². The first kappa shape index (κ1) is 16.5. The van der Waals surface area contributed by atoms with Gasteiger partial charge in [-0.25, -0.2) is 0 Å². The molecule has 3 nitrogen and oxygen atoms in total. The highest BCUT2D eigenvalue weighted by molar-refractivity contribution is 7.12. The van der Waals surface area contributed by atoms with E-state index in [-0.39, 0.29) is 18.1 Å². The van der Waals surface area contributed by atoms with Crippen molar-refractivity contribution in [1.29, 1.82) is 0 Å². The maximum atomic E-state index is 12.7. The summed E-state index contributed by atoms with van der Waals surface area (Å²) in [6.45, 7) is 11.7. The summed E-state index contributed by atoms with van der Waals surface area (Å²) >= 11 is 1.79. The molecule has 1 aromatic heterocycles. The molecule has 0 aromatic carbocycles. The Bertz CT molecular complexity index is 481. The van der Waals surface area contributed by atoms with E-state index < -0.39 is 0 Å². The molecule has 0 aliphatic carbocycles. The number of nitrogens with one attached hydrogen (secondary N) is 1. The van der Waals surface area contributed by atoms with Crippen LogP contribution < -0.4 is 5.32 Å². The molecule has 4 heteroatoms. The third-order valence-corrected chi connectivity index (χ3v) is 4.99. The van der Waals surface area contributed by atoms with Crippen LogP contribution in [-0.4, -0.2) is 23.4 Å². The van der Waals surface area contributed by atoms with Crippen LogP contribution in [-0.2, 0) is 4.79 Å². The highest BCUT2D eigenvalue weighted by Gasteiger charge is 2.39. The second kappa shape index (κ2) is 6.93. The summed E-state index contributed by atoms with van der Waals surface area (Å²) in [4.78, 5) is 17.3. The van der Waals surface area contributed by atoms with Crippen LogP contribution in [0.1, 0.15) is 56.5 Å². The van der Waals surface area contributed by atoms with Gasteiger partial charge in [0.05, 0.1) is 6.04 Å². The molecule has 1 amide bonds. The fourth-order valence-corrected chi connectivity index (χ4v) is 3.74. The number of aryl methyl sites for hydroxylation is 1. The Kier molecular flexibility index (Phi) is 5.44. The predicted molar refractivity (Wildman–Crippen MR) is 89.3 cm³/mol. The lowest BCUT2D eigenvalue weighted by Crippen LogP contribution is -2.32. The van der Waals surface area contributed by atoms with Gasteiger partial charge in [0, 0.05) is 16.3 Å². The molecule has 0 spiro atoms. The summed E-state index contributed by atoms with van der Waals surface area (Å²) in [5, 5.41) is 3.56. The molecule has 118 valence electrons. The Morgan fingerprint density at radius 1 is 1.24 bits per heavy atom. The smallest absolute Gasteiger partial charge is 0.241 e. The van der Waals surface area contributed by atoms with Gasteiger partial charge >= 0.3 is 0 Å². The SMILES string of the molecule is Cc1ccc(C2NC(CC(C)C)C(=O)N2CCC(C)C)s1. The minimum absolute atomic E-state index is 0.0235. The Labute approximate surface area is 132 Å². The molecular weight excluding hydrogens is 280 g/mol. The molecule has 1 saturated heterocycles. The zero-order valence-corrected chi connectivity index (χ0v) is 14.7. The zero-order valence-electron chi connectivity index (χ0n) is 13.8. The van der Waals surface area contributed by atoms with Crippen LogP contribution in [0.4, 0.5) is 0 Å². The van der Waals surface area contributed by atoms with E-state index in [1.165, 1.54) is 9.75 Å². The molecule has 0 bridgehead atoms. The molecule has 1 fully saturated rings. The van der Waals surface area contributed by atoms with Gasteiger partial charge in [0.1, 0.15) is 6.17 Å². The van der Waals surface area contributed by atoms with Crippen LogP contribution in [0.25, 0.3) is 0 Å². The Hall–Kier alpha value is -0.870. The number of thiophene rings is 1. The fraction of sp³-hybridized carbons (Fsp3) is 0.706. The third kappa shape index (κ3) is 4.07. The average molecular weight is 308 g/mol. The first-order chi connectivity index (χ1) is 9.88. The summed E-state index contributed by atoms with van der Waals surface area (Å²) in [5.41, 5.74) is 0. The van der Waals surface area contributed by atoms with E-state index in [1.807, 2.05) is 0 Å². The van der Waals surface area contributed by atoms with Gasteiger partial charge < -0.3 is 4.90 Å². The standard InChI is InChI=1S/C17H28N2OS/c1-11(2)8-9-19-16(15-7-6-13(5)21-15)18-14(17(19)20)10-12(3)4/h6-7,11-12,14,16,18H,8-10H2,1-5H3. The predicted octanol–water partition coefficient (Wildman–Crippen LogP) is 3.95. The lowest BCUT2D eigenvalue weighted by atomic mass is 10.0. The molecule has 1 aromatic rings. The topological polar surface area (TPSA) is 32.3 Å². The number of carbonyl (C=O) groups is 1. The summed E-state index contributed by atoms with van der Waals surface area (Å²) in [6.07, 6.45) is 2.04. The molecule has 1 aliphatic rings. The van der Waals surface area contributed by atoms with Gasteiger partial charge in [0.25, 0.3) is 0 Å². The van der Waals surface area contributed by atoms with E-state index >= 15 is 0 Å². The quantitative estimate of drug-likeness (QED) is 0.863. The highest BCUT2D eigenvalue weighted by atomic mass is 32.1. The summed E-state index contributed by atoms with van der Waals surface area (Å²) in [6, 6.07) is 4.28. The molecule has 2 rings (SSSR count). The first-order valence-corrected chi connectivity index (χ1v) is 8.83. The second-order valence-corrected chi connectivity index (χ2v) is 8.23. The Morgan fingerprint density at radius 3 is 2.48 bits per heavy atom. The van der Waals surface area contributed by atoms with Gasteiger partial charge in [-0.1, -0.05) is 27.7 Å². The van der Waals surface area contributed by atoms with Gasteiger partial charge in [-0.15, -0.1) is 11.3 Å². The van der Waals surface area contributed by atoms with Crippen molar-refractivity contribution in [2.45, 2.75) is 59.7 Å². The molecule has 0 saturated carbocycles. The van der Waals surface area contributed by atoms with Crippen molar-refractivity contribution in [3.05, 3.63) is 21.9 Å². The van der Waals surface area contributed by atoms with Gasteiger partial charge in [-0.2, -0.15) is 0 Å². The maximum absolute atomic E-state index is 12.7. The summed E-state index contributed by atoms with van der Waals surface area (Å²) < 4.78 is 0. The van der Waals surface area contributed by atoms with Crippen LogP contribution in [0.15, 0.2) is 12.1 Å². The number of amides is 1. The van der Waals surface area contributed by atoms with E-state index in [9.17, 15) is 4.79 Å². The lowest BCUT2D eigenvalue weighted by Gasteiger charge is -2.24. The van der Waals surface area contributed by atoms with Crippen LogP contribution in [0.5, 0.6) is 0 Å². The maximum Gasteiger partial charge on any atom is 0.241 e. The van der Waals surface area contributed by atoms with Crippen molar-refractivity contribution in [3.8, 4) is 0 Å². The fourth-order valence-electron chi connectivity index (χ4n) is 2.79. The first-order valence-electron chi connectivity index (χ1n) is 8.01. The van der Waals surface area contributed by atoms with Gasteiger partial charge in [0.15, 0.2) is 0 Å². The van der Waals surface area contributed by atoms with Gasteiger partial charge in [-0.3, -0.25) is 10.1 Å². The number of carbonyl (C=O) groups excluding carboxylic acids is 1. The number of rotatable bonds is 6. The van der Waals surface area contributed by atoms with Gasteiger partial charge in [0.2, 0.25) is 5.91 Å². The van der Waals surface area contributed by atoms with E-state index in [4.69, 9.17) is 0 Å². The summed E-state index contributed by atoms with van der Waals surface area (Å²) in [5.74, 6) is 1.43. The van der Waals surface area contributed by atoms with E-state index in [2.05, 4.69) is 57.0 Å². The number of hydrogen-bond acceptors (Lipinski definition) is 3. The molecule has 2 unspecified atom stereocenters. The Balaban J connectivity index is 2.16. The van der Waals surface area contributed by atoms with Crippen LogP contribution >= 0.6 is 11.3 Å².